The molecule has 0 fully saturated rings. The molecular weight excluding hydrogens is 304 g/mol. The molecule has 0 amide bonds. The van der Waals surface area contributed by atoms with Crippen molar-refractivity contribution in [3.63, 3.8) is 0 Å². The van der Waals surface area contributed by atoms with Gasteiger partial charge >= 0.3 is 0 Å². The molecule has 3 rings (SSSR count). The minimum Gasteiger partial charge on any atom is -0.487 e. The Bertz CT molecular complexity index is 712. The summed E-state index contributed by atoms with van der Waals surface area (Å²) in [6.45, 7) is 0.336. The first kappa shape index (κ1) is 14.6. The Kier molecular flexibility index (Phi) is 4.67. The van der Waals surface area contributed by atoms with Crippen molar-refractivity contribution in [2.45, 2.75) is 6.61 Å². The quantitative estimate of drug-likeness (QED) is 0.722. The zero-order valence-corrected chi connectivity index (χ0v) is 12.5. The molecule has 0 atom stereocenters. The smallest absolute Gasteiger partial charge is 0.268 e. The van der Waals surface area contributed by atoms with E-state index in [0.29, 0.717) is 23.2 Å². The molecule has 0 unspecified atom stereocenters. The lowest BCUT2D eigenvalue weighted by Crippen LogP contribution is -2.04. The fourth-order valence-corrected chi connectivity index (χ4v) is 2.44. The number of thiophene rings is 1. The maximum Gasteiger partial charge on any atom is 0.268 e. The number of nitrogens with zero attached hydrogens (tertiary/aromatic N) is 2. The van der Waals surface area contributed by atoms with Crippen molar-refractivity contribution in [3.05, 3.63) is 47.6 Å². The molecule has 2 aromatic heterocycles. The predicted octanol–water partition coefficient (Wildman–Crippen LogP) is 2.75. The van der Waals surface area contributed by atoms with Gasteiger partial charge in [-0.15, -0.1) is 11.3 Å². The predicted molar refractivity (Wildman–Crippen MR) is 81.0 cm³/mol. The molecule has 7 heteroatoms. The molecule has 1 N–H and O–H groups in total. The number of ether oxygens (including phenoxy) is 2. The number of aromatic nitrogens is 2. The topological polar surface area (TPSA) is 77.6 Å². The standard InChI is InChI=1S/C15H14N2O4S/c18-7-8-19-11-4-1-2-5-12(11)20-10-14-16-15(21-17-14)13-6-3-9-22-13/h1-6,9,18H,7-8,10H2. The molecule has 3 aromatic rings. The van der Waals surface area contributed by atoms with Crippen LogP contribution in [0.25, 0.3) is 10.8 Å². The molecule has 0 spiro atoms. The lowest BCUT2D eigenvalue weighted by atomic mass is 10.3. The highest BCUT2D eigenvalue weighted by Gasteiger charge is 2.11. The molecule has 0 aliphatic rings. The number of para-hydroxylation sites is 2. The van der Waals surface area contributed by atoms with E-state index in [4.69, 9.17) is 19.1 Å². The first-order valence-corrected chi connectivity index (χ1v) is 7.57. The fourth-order valence-electron chi connectivity index (χ4n) is 1.80. The van der Waals surface area contributed by atoms with Gasteiger partial charge in [0.2, 0.25) is 5.82 Å². The molecule has 6 nitrogen and oxygen atoms in total. The van der Waals surface area contributed by atoms with Crippen LogP contribution in [0.2, 0.25) is 0 Å². The van der Waals surface area contributed by atoms with Gasteiger partial charge in [0, 0.05) is 0 Å². The maximum absolute atomic E-state index is 8.82. The van der Waals surface area contributed by atoms with Crippen LogP contribution in [0.3, 0.4) is 0 Å². The first-order chi connectivity index (χ1) is 10.9. The summed E-state index contributed by atoms with van der Waals surface area (Å²) in [7, 11) is 0. The maximum atomic E-state index is 8.82. The Morgan fingerprint density at radius 1 is 1.09 bits per heavy atom. The molecule has 114 valence electrons. The largest absolute Gasteiger partial charge is 0.487 e. The van der Waals surface area contributed by atoms with Crippen molar-refractivity contribution < 1.29 is 19.1 Å². The van der Waals surface area contributed by atoms with Gasteiger partial charge in [-0.1, -0.05) is 23.4 Å². The molecule has 0 saturated carbocycles. The third-order valence-corrected chi connectivity index (χ3v) is 3.61. The second kappa shape index (κ2) is 7.06. The highest BCUT2D eigenvalue weighted by atomic mass is 32.1. The Balaban J connectivity index is 1.65. The Labute approximate surface area is 130 Å². The van der Waals surface area contributed by atoms with Gasteiger partial charge < -0.3 is 19.1 Å². The molecule has 0 bridgehead atoms. The van der Waals surface area contributed by atoms with E-state index >= 15 is 0 Å². The number of aliphatic hydroxyl groups is 1. The lowest BCUT2D eigenvalue weighted by Gasteiger charge is -2.10. The second-order valence-corrected chi connectivity index (χ2v) is 5.25. The Hall–Kier alpha value is -2.38. The molecule has 0 saturated heterocycles. The van der Waals surface area contributed by atoms with Gasteiger partial charge in [-0.2, -0.15) is 4.98 Å². The zero-order chi connectivity index (χ0) is 15.2. The summed E-state index contributed by atoms with van der Waals surface area (Å²) in [5.41, 5.74) is 0. The SMILES string of the molecule is OCCOc1ccccc1OCc1noc(-c2cccs2)n1. The second-order valence-electron chi connectivity index (χ2n) is 4.30. The summed E-state index contributed by atoms with van der Waals surface area (Å²) in [4.78, 5) is 5.21. The fraction of sp³-hybridized carbons (Fsp3) is 0.200. The molecule has 0 radical (unpaired) electrons. The van der Waals surface area contributed by atoms with Gasteiger partial charge in [-0.25, -0.2) is 0 Å². The summed E-state index contributed by atoms with van der Waals surface area (Å²) < 4.78 is 16.3. The average Bonchev–Trinajstić information content (AvgIpc) is 3.22. The van der Waals surface area contributed by atoms with Crippen molar-refractivity contribution >= 4 is 11.3 Å². The third-order valence-electron chi connectivity index (χ3n) is 2.75. The van der Waals surface area contributed by atoms with Crippen LogP contribution in [0.15, 0.2) is 46.3 Å². The number of benzene rings is 1. The van der Waals surface area contributed by atoms with E-state index in [0.717, 1.165) is 4.88 Å². The first-order valence-electron chi connectivity index (χ1n) is 6.69. The van der Waals surface area contributed by atoms with Crippen LogP contribution in [-0.2, 0) is 6.61 Å². The average molecular weight is 318 g/mol. The van der Waals surface area contributed by atoms with Crippen molar-refractivity contribution in [2.75, 3.05) is 13.2 Å². The van der Waals surface area contributed by atoms with E-state index in [2.05, 4.69) is 10.1 Å². The molecule has 1 aromatic carbocycles. The molecule has 0 aliphatic heterocycles. The minimum atomic E-state index is -0.0522. The minimum absolute atomic E-state index is 0.0522. The summed E-state index contributed by atoms with van der Waals surface area (Å²) in [6, 6.07) is 11.1. The molecular formula is C15H14N2O4S. The summed E-state index contributed by atoms with van der Waals surface area (Å²) in [5.74, 6) is 2.08. The summed E-state index contributed by atoms with van der Waals surface area (Å²) in [5, 5.41) is 14.7. The number of hydrogen-bond donors (Lipinski definition) is 1. The van der Waals surface area contributed by atoms with Gasteiger partial charge in [-0.3, -0.25) is 0 Å². The van der Waals surface area contributed by atoms with Gasteiger partial charge in [0.1, 0.15) is 6.61 Å². The molecule has 22 heavy (non-hydrogen) atoms. The molecule has 0 aliphatic carbocycles. The van der Waals surface area contributed by atoms with Crippen LogP contribution < -0.4 is 9.47 Å². The molecule has 2 heterocycles. The lowest BCUT2D eigenvalue weighted by molar-refractivity contribution is 0.191. The van der Waals surface area contributed by atoms with Gasteiger partial charge in [0.05, 0.1) is 11.5 Å². The van der Waals surface area contributed by atoms with E-state index < -0.39 is 0 Å². The van der Waals surface area contributed by atoms with Crippen LogP contribution in [0.5, 0.6) is 11.5 Å². The summed E-state index contributed by atoms with van der Waals surface area (Å²) in [6.07, 6.45) is 0. The highest BCUT2D eigenvalue weighted by molar-refractivity contribution is 7.13. The van der Waals surface area contributed by atoms with Crippen LogP contribution in [0.4, 0.5) is 0 Å². The number of hydrogen-bond acceptors (Lipinski definition) is 7. The normalized spacial score (nSPS) is 10.6. The number of rotatable bonds is 7. The zero-order valence-electron chi connectivity index (χ0n) is 11.6. The van der Waals surface area contributed by atoms with E-state index in [1.54, 1.807) is 12.1 Å². The van der Waals surface area contributed by atoms with E-state index in [1.165, 1.54) is 11.3 Å². The van der Waals surface area contributed by atoms with Gasteiger partial charge in [0.15, 0.2) is 18.1 Å². The van der Waals surface area contributed by atoms with Crippen molar-refractivity contribution in [3.8, 4) is 22.3 Å². The van der Waals surface area contributed by atoms with Gasteiger partial charge in [-0.05, 0) is 23.6 Å². The monoisotopic (exact) mass is 318 g/mol. The third kappa shape index (κ3) is 3.44. The number of aliphatic hydroxyl groups excluding tert-OH is 1. The van der Waals surface area contributed by atoms with E-state index in [9.17, 15) is 0 Å². The van der Waals surface area contributed by atoms with Crippen LogP contribution in [0, 0.1) is 0 Å². The highest BCUT2D eigenvalue weighted by Crippen LogP contribution is 2.27. The van der Waals surface area contributed by atoms with Crippen LogP contribution in [0.1, 0.15) is 5.82 Å². The Morgan fingerprint density at radius 2 is 1.91 bits per heavy atom. The van der Waals surface area contributed by atoms with Crippen LogP contribution >= 0.6 is 11.3 Å². The van der Waals surface area contributed by atoms with Crippen LogP contribution in [-0.4, -0.2) is 28.5 Å². The van der Waals surface area contributed by atoms with E-state index in [1.807, 2.05) is 29.6 Å². The van der Waals surface area contributed by atoms with E-state index in [-0.39, 0.29) is 19.8 Å². The van der Waals surface area contributed by atoms with Gasteiger partial charge in [0.25, 0.3) is 5.89 Å². The van der Waals surface area contributed by atoms with Crippen molar-refractivity contribution in [1.82, 2.24) is 10.1 Å². The Morgan fingerprint density at radius 3 is 2.64 bits per heavy atom. The van der Waals surface area contributed by atoms with Crippen molar-refractivity contribution in [1.29, 1.82) is 0 Å². The van der Waals surface area contributed by atoms with Crippen molar-refractivity contribution in [2.24, 2.45) is 0 Å². The summed E-state index contributed by atoms with van der Waals surface area (Å²) >= 11 is 1.53.